The second kappa shape index (κ2) is 8.13. The molecule has 0 aromatic heterocycles. The molecule has 2 N–H and O–H groups in total. The highest BCUT2D eigenvalue weighted by molar-refractivity contribution is 7.90. The third-order valence-electron chi connectivity index (χ3n) is 4.85. The van der Waals surface area contributed by atoms with Gasteiger partial charge < -0.3 is 14.8 Å². The van der Waals surface area contributed by atoms with Gasteiger partial charge in [-0.05, 0) is 25.0 Å². The lowest BCUT2D eigenvalue weighted by molar-refractivity contribution is 0.149. The lowest BCUT2D eigenvalue weighted by atomic mass is 9.94. The van der Waals surface area contributed by atoms with E-state index in [4.69, 9.17) is 9.47 Å². The lowest BCUT2D eigenvalue weighted by Crippen LogP contribution is -2.53. The fraction of sp³-hybridized carbons (Fsp3) is 0.588. The van der Waals surface area contributed by atoms with Crippen molar-refractivity contribution in [3.05, 3.63) is 18.2 Å². The van der Waals surface area contributed by atoms with Crippen molar-refractivity contribution in [2.45, 2.75) is 43.0 Å². The molecule has 144 valence electrons. The molecular formula is C17H26N4O4S. The highest BCUT2D eigenvalue weighted by atomic mass is 32.2. The minimum absolute atomic E-state index is 0.0920. The molecule has 1 heterocycles. The van der Waals surface area contributed by atoms with Gasteiger partial charge in [-0.2, -0.15) is 0 Å². The lowest BCUT2D eigenvalue weighted by Gasteiger charge is -2.35. The number of ether oxygens (including phenoxy) is 2. The molecule has 2 aliphatic rings. The minimum atomic E-state index is -3.76. The molecule has 0 atom stereocenters. The third kappa shape index (κ3) is 4.21. The van der Waals surface area contributed by atoms with Crippen LogP contribution in [0.15, 0.2) is 28.1 Å². The molecule has 1 aromatic carbocycles. The van der Waals surface area contributed by atoms with Crippen LogP contribution in [0.3, 0.4) is 0 Å². The van der Waals surface area contributed by atoms with Gasteiger partial charge in [0.15, 0.2) is 11.5 Å². The SMILES string of the molecule is COc1ccc(S(=O)(=O)NC2=NCN(C3CCCCC3)CN2)cc1OC. The second-order valence-corrected chi connectivity index (χ2v) is 8.17. The van der Waals surface area contributed by atoms with Crippen molar-refractivity contribution in [2.75, 3.05) is 27.6 Å². The smallest absolute Gasteiger partial charge is 0.264 e. The molecule has 1 aliphatic carbocycles. The highest BCUT2D eigenvalue weighted by Crippen LogP contribution is 2.29. The Balaban J connectivity index is 1.67. The fourth-order valence-electron chi connectivity index (χ4n) is 3.37. The molecule has 0 spiro atoms. The van der Waals surface area contributed by atoms with Crippen molar-refractivity contribution < 1.29 is 17.9 Å². The summed E-state index contributed by atoms with van der Waals surface area (Å²) in [4.78, 5) is 6.71. The molecule has 9 heteroatoms. The number of sulfonamides is 1. The van der Waals surface area contributed by atoms with Crippen LogP contribution in [0, 0.1) is 0 Å². The van der Waals surface area contributed by atoms with Gasteiger partial charge in [0.2, 0.25) is 5.96 Å². The number of guanidine groups is 1. The Labute approximate surface area is 154 Å². The predicted molar refractivity (Wildman–Crippen MR) is 98.9 cm³/mol. The zero-order chi connectivity index (χ0) is 18.6. The zero-order valence-corrected chi connectivity index (χ0v) is 16.0. The summed E-state index contributed by atoms with van der Waals surface area (Å²) in [6.45, 7) is 1.10. The Kier molecular flexibility index (Phi) is 5.87. The van der Waals surface area contributed by atoms with Gasteiger partial charge in [-0.3, -0.25) is 4.90 Å². The number of methoxy groups -OCH3 is 2. The average Bonchev–Trinajstić information content (AvgIpc) is 2.68. The normalized spacial score (nSPS) is 19.4. The van der Waals surface area contributed by atoms with Crippen molar-refractivity contribution in [3.63, 3.8) is 0 Å². The van der Waals surface area contributed by atoms with Gasteiger partial charge in [0.05, 0.1) is 32.5 Å². The van der Waals surface area contributed by atoms with Crippen molar-refractivity contribution in [2.24, 2.45) is 4.99 Å². The van der Waals surface area contributed by atoms with E-state index in [1.807, 2.05) is 0 Å². The number of hydrogen-bond acceptors (Lipinski definition) is 7. The first kappa shape index (κ1) is 18.8. The molecule has 1 fully saturated rings. The molecule has 0 unspecified atom stereocenters. The van der Waals surface area contributed by atoms with E-state index < -0.39 is 10.0 Å². The summed E-state index contributed by atoms with van der Waals surface area (Å²) >= 11 is 0. The van der Waals surface area contributed by atoms with Crippen LogP contribution in [0.5, 0.6) is 11.5 Å². The summed E-state index contributed by atoms with van der Waals surface area (Å²) in [6.07, 6.45) is 6.18. The fourth-order valence-corrected chi connectivity index (χ4v) is 4.39. The van der Waals surface area contributed by atoms with Crippen LogP contribution < -0.4 is 19.5 Å². The summed E-state index contributed by atoms with van der Waals surface area (Å²) in [6, 6.07) is 5.00. The van der Waals surface area contributed by atoms with Gasteiger partial charge >= 0.3 is 0 Å². The molecule has 0 amide bonds. The Morgan fingerprint density at radius 3 is 2.50 bits per heavy atom. The van der Waals surface area contributed by atoms with Gasteiger partial charge in [-0.15, -0.1) is 0 Å². The first-order chi connectivity index (χ1) is 12.5. The summed E-state index contributed by atoms with van der Waals surface area (Å²) in [5.74, 6) is 1.10. The van der Waals surface area contributed by atoms with Crippen LogP contribution in [-0.4, -0.2) is 52.9 Å². The number of benzene rings is 1. The molecule has 1 aromatic rings. The monoisotopic (exact) mass is 382 g/mol. The molecule has 3 rings (SSSR count). The third-order valence-corrected chi connectivity index (χ3v) is 6.18. The maximum atomic E-state index is 12.6. The van der Waals surface area contributed by atoms with Crippen LogP contribution in [0.2, 0.25) is 0 Å². The maximum absolute atomic E-state index is 12.6. The van der Waals surface area contributed by atoms with Gasteiger partial charge in [-0.1, -0.05) is 19.3 Å². The summed E-state index contributed by atoms with van der Waals surface area (Å²) in [7, 11) is -0.788. The van der Waals surface area contributed by atoms with E-state index in [1.54, 1.807) is 6.07 Å². The summed E-state index contributed by atoms with van der Waals surface area (Å²) in [5.41, 5.74) is 0. The molecule has 1 saturated carbocycles. The number of nitrogens with one attached hydrogen (secondary N) is 2. The molecule has 1 aliphatic heterocycles. The minimum Gasteiger partial charge on any atom is -0.493 e. The first-order valence-corrected chi connectivity index (χ1v) is 10.3. The Morgan fingerprint density at radius 2 is 1.88 bits per heavy atom. The highest BCUT2D eigenvalue weighted by Gasteiger charge is 2.25. The van der Waals surface area contributed by atoms with Crippen LogP contribution >= 0.6 is 0 Å². The van der Waals surface area contributed by atoms with Gasteiger partial charge in [0.25, 0.3) is 10.0 Å². The molecule has 0 saturated heterocycles. The van der Waals surface area contributed by atoms with Crippen molar-refractivity contribution in [1.29, 1.82) is 0 Å². The van der Waals surface area contributed by atoms with Gasteiger partial charge in [0, 0.05) is 12.1 Å². The molecule has 8 nitrogen and oxygen atoms in total. The molecular weight excluding hydrogens is 356 g/mol. The Hall–Kier alpha value is -2.00. The summed E-state index contributed by atoms with van der Waals surface area (Å²) in [5, 5.41) is 3.07. The maximum Gasteiger partial charge on any atom is 0.264 e. The van der Waals surface area contributed by atoms with Gasteiger partial charge in [-0.25, -0.2) is 18.1 Å². The van der Waals surface area contributed by atoms with Crippen LogP contribution in [0.25, 0.3) is 0 Å². The topological polar surface area (TPSA) is 92.3 Å². The average molecular weight is 382 g/mol. The van der Waals surface area contributed by atoms with E-state index in [0.717, 1.165) is 0 Å². The first-order valence-electron chi connectivity index (χ1n) is 8.80. The number of rotatable bonds is 5. The predicted octanol–water partition coefficient (Wildman–Crippen LogP) is 1.49. The number of nitrogens with zero attached hydrogens (tertiary/aromatic N) is 2. The largest absolute Gasteiger partial charge is 0.493 e. The summed E-state index contributed by atoms with van der Waals surface area (Å²) < 4.78 is 38.0. The zero-order valence-electron chi connectivity index (χ0n) is 15.2. The standard InChI is InChI=1S/C17H26N4O4S/c1-24-15-9-8-14(10-16(15)25-2)26(22,23)20-17-18-11-21(12-19-17)13-6-4-3-5-7-13/h8-10,13H,3-7,11-12H2,1-2H3,(H2,18,19,20). The van der Waals surface area contributed by atoms with Crippen LogP contribution in [0.1, 0.15) is 32.1 Å². The molecule has 26 heavy (non-hydrogen) atoms. The molecule has 0 radical (unpaired) electrons. The van der Waals surface area contributed by atoms with E-state index in [0.29, 0.717) is 30.9 Å². The molecule has 0 bridgehead atoms. The van der Waals surface area contributed by atoms with Crippen molar-refractivity contribution >= 4 is 16.0 Å². The van der Waals surface area contributed by atoms with E-state index in [-0.39, 0.29) is 10.9 Å². The Bertz CT molecular complexity index is 760. The van der Waals surface area contributed by atoms with Crippen molar-refractivity contribution in [1.82, 2.24) is 14.9 Å². The van der Waals surface area contributed by atoms with E-state index in [9.17, 15) is 8.42 Å². The van der Waals surface area contributed by atoms with Crippen LogP contribution in [0.4, 0.5) is 0 Å². The number of hydrogen-bond donors (Lipinski definition) is 2. The van der Waals surface area contributed by atoms with E-state index in [2.05, 4.69) is 19.9 Å². The van der Waals surface area contributed by atoms with Gasteiger partial charge in [0.1, 0.15) is 0 Å². The second-order valence-electron chi connectivity index (χ2n) is 6.49. The quantitative estimate of drug-likeness (QED) is 0.802. The van der Waals surface area contributed by atoms with Crippen LogP contribution in [-0.2, 0) is 10.0 Å². The number of aliphatic imine (C=N–C) groups is 1. The van der Waals surface area contributed by atoms with E-state index >= 15 is 0 Å². The van der Waals surface area contributed by atoms with E-state index in [1.165, 1.54) is 58.5 Å². The Morgan fingerprint density at radius 1 is 1.15 bits per heavy atom. The van der Waals surface area contributed by atoms with Crippen molar-refractivity contribution in [3.8, 4) is 11.5 Å².